The molecule has 0 fully saturated rings. The number of amides is 2. The molecule has 0 aliphatic heterocycles. The molecule has 2 aromatic carbocycles. The number of carbonyl (C=O) groups excluding carboxylic acids is 2. The number of carboxylic acid groups (broad SMARTS) is 1. The number of nitrogens with one attached hydrogen (secondary N) is 1. The third-order valence-electron chi connectivity index (χ3n) is 5.72. The number of benzene rings is 2. The summed E-state index contributed by atoms with van der Waals surface area (Å²) in [6, 6.07) is 19.1. The lowest BCUT2D eigenvalue weighted by Crippen LogP contribution is -2.36. The highest BCUT2D eigenvalue weighted by molar-refractivity contribution is 5.96. The predicted octanol–water partition coefficient (Wildman–Crippen LogP) is 3.28. The van der Waals surface area contributed by atoms with E-state index in [1.165, 1.54) is 18.3 Å². The van der Waals surface area contributed by atoms with E-state index in [0.29, 0.717) is 5.69 Å². The number of terminal acetylenes is 1. The normalized spacial score (nSPS) is 11.6. The van der Waals surface area contributed by atoms with E-state index in [2.05, 4.69) is 28.4 Å². The van der Waals surface area contributed by atoms with Gasteiger partial charge in [0.15, 0.2) is 0 Å². The van der Waals surface area contributed by atoms with Crippen molar-refractivity contribution < 1.29 is 24.2 Å². The second kappa shape index (κ2) is 10.5. The Bertz CT molecular complexity index is 1270. The Balaban J connectivity index is 1.36. The molecular weight excluding hydrogens is 446 g/mol. The average molecular weight is 469 g/mol. The number of ether oxygens (including phenoxy) is 1. The molecule has 2 amide bonds. The molecule has 1 aliphatic rings. The van der Waals surface area contributed by atoms with E-state index in [9.17, 15) is 14.4 Å². The van der Waals surface area contributed by atoms with Crippen LogP contribution in [-0.2, 0) is 16.1 Å². The Hall–Kier alpha value is -4.64. The fourth-order valence-electron chi connectivity index (χ4n) is 4.18. The van der Waals surface area contributed by atoms with E-state index in [1.54, 1.807) is 0 Å². The van der Waals surface area contributed by atoms with Crippen LogP contribution in [0.4, 0.5) is 4.79 Å². The molecule has 2 N–H and O–H groups in total. The molecule has 0 radical (unpaired) electrons. The topological polar surface area (TPSA) is 109 Å². The zero-order valence-electron chi connectivity index (χ0n) is 18.8. The molecule has 1 heterocycles. The van der Waals surface area contributed by atoms with Gasteiger partial charge in [0.05, 0.1) is 18.8 Å². The molecule has 3 aromatic rings. The van der Waals surface area contributed by atoms with Crippen molar-refractivity contribution in [2.24, 2.45) is 0 Å². The molecule has 0 bridgehead atoms. The van der Waals surface area contributed by atoms with E-state index in [4.69, 9.17) is 16.3 Å². The largest absolute Gasteiger partial charge is 0.480 e. The first-order valence-electron chi connectivity index (χ1n) is 11.0. The number of nitrogens with zero attached hydrogens (tertiary/aromatic N) is 2. The molecule has 0 spiro atoms. The Morgan fingerprint density at radius 3 is 2.34 bits per heavy atom. The van der Waals surface area contributed by atoms with E-state index in [-0.39, 0.29) is 31.2 Å². The van der Waals surface area contributed by atoms with Gasteiger partial charge in [0.2, 0.25) is 0 Å². The van der Waals surface area contributed by atoms with E-state index < -0.39 is 24.5 Å². The number of rotatable bonds is 8. The monoisotopic (exact) mass is 469 g/mol. The summed E-state index contributed by atoms with van der Waals surface area (Å²) in [6.07, 6.45) is 6.06. The van der Waals surface area contributed by atoms with E-state index in [0.717, 1.165) is 27.2 Å². The summed E-state index contributed by atoms with van der Waals surface area (Å²) in [4.78, 5) is 41.3. The van der Waals surface area contributed by atoms with Crippen LogP contribution in [0.5, 0.6) is 0 Å². The third-order valence-corrected chi connectivity index (χ3v) is 5.72. The van der Waals surface area contributed by atoms with Crippen LogP contribution in [0.1, 0.15) is 33.1 Å². The Kier molecular flexibility index (Phi) is 7.07. The SMILES string of the molecule is C#CCN(CC(=O)O)C(=O)c1ccnc(CNC(=O)OCC2c3ccccc3-c3ccccc32)c1. The predicted molar refractivity (Wildman–Crippen MR) is 129 cm³/mol. The van der Waals surface area contributed by atoms with Crippen LogP contribution in [-0.4, -0.2) is 52.7 Å². The van der Waals surface area contributed by atoms with Crippen molar-refractivity contribution in [1.82, 2.24) is 15.2 Å². The lowest BCUT2D eigenvalue weighted by molar-refractivity contribution is -0.137. The van der Waals surface area contributed by atoms with Gasteiger partial charge in [0.25, 0.3) is 5.91 Å². The quantitative estimate of drug-likeness (QED) is 0.490. The van der Waals surface area contributed by atoms with Gasteiger partial charge < -0.3 is 20.1 Å². The minimum atomic E-state index is -1.17. The van der Waals surface area contributed by atoms with Gasteiger partial charge in [-0.15, -0.1) is 6.42 Å². The number of carboxylic acids is 1. The van der Waals surface area contributed by atoms with Gasteiger partial charge in [-0.25, -0.2) is 4.79 Å². The summed E-state index contributed by atoms with van der Waals surface area (Å²) < 4.78 is 5.51. The summed E-state index contributed by atoms with van der Waals surface area (Å²) in [7, 11) is 0. The molecule has 8 heteroatoms. The average Bonchev–Trinajstić information content (AvgIpc) is 3.19. The van der Waals surface area contributed by atoms with E-state index >= 15 is 0 Å². The van der Waals surface area contributed by atoms with Crippen molar-refractivity contribution >= 4 is 18.0 Å². The maximum absolute atomic E-state index is 12.6. The summed E-state index contributed by atoms with van der Waals surface area (Å²) in [5.74, 6) is 0.529. The lowest BCUT2D eigenvalue weighted by Gasteiger charge is -2.18. The Morgan fingerprint density at radius 2 is 1.71 bits per heavy atom. The molecule has 0 atom stereocenters. The van der Waals surface area contributed by atoms with E-state index in [1.807, 2.05) is 36.4 Å². The van der Waals surface area contributed by atoms with Gasteiger partial charge in [-0.3, -0.25) is 14.6 Å². The van der Waals surface area contributed by atoms with Crippen LogP contribution in [0.25, 0.3) is 11.1 Å². The second-order valence-electron chi connectivity index (χ2n) is 7.97. The van der Waals surface area contributed by atoms with Gasteiger partial charge in [-0.2, -0.15) is 0 Å². The minimum absolute atomic E-state index is 0.0336. The Morgan fingerprint density at radius 1 is 1.06 bits per heavy atom. The molecule has 176 valence electrons. The molecular formula is C27H23N3O5. The van der Waals surface area contributed by atoms with Crippen LogP contribution < -0.4 is 5.32 Å². The molecule has 0 unspecified atom stereocenters. The number of pyridine rings is 1. The molecule has 0 saturated heterocycles. The summed E-state index contributed by atoms with van der Waals surface area (Å²) in [6.45, 7) is -0.437. The second-order valence-corrected chi connectivity index (χ2v) is 7.97. The van der Waals surface area contributed by atoms with Crippen molar-refractivity contribution in [3.63, 3.8) is 0 Å². The first-order valence-corrected chi connectivity index (χ1v) is 11.0. The number of hydrogen-bond donors (Lipinski definition) is 2. The number of hydrogen-bond acceptors (Lipinski definition) is 5. The highest BCUT2D eigenvalue weighted by Gasteiger charge is 2.29. The molecule has 8 nitrogen and oxygen atoms in total. The number of aliphatic carboxylic acids is 1. The minimum Gasteiger partial charge on any atom is -0.480 e. The fraction of sp³-hybridized carbons (Fsp3) is 0.185. The summed E-state index contributed by atoms with van der Waals surface area (Å²) in [5.41, 5.74) is 5.16. The fourth-order valence-corrected chi connectivity index (χ4v) is 4.18. The van der Waals surface area contributed by atoms with Crippen molar-refractivity contribution in [1.29, 1.82) is 0 Å². The van der Waals surface area contributed by atoms with Gasteiger partial charge in [-0.1, -0.05) is 54.5 Å². The van der Waals surface area contributed by atoms with Crippen LogP contribution in [0.2, 0.25) is 0 Å². The van der Waals surface area contributed by atoms with Crippen molar-refractivity contribution in [3.8, 4) is 23.5 Å². The molecule has 4 rings (SSSR count). The maximum Gasteiger partial charge on any atom is 0.407 e. The van der Waals surface area contributed by atoms with Gasteiger partial charge >= 0.3 is 12.1 Å². The Labute approximate surface area is 202 Å². The molecule has 35 heavy (non-hydrogen) atoms. The summed E-state index contributed by atoms with van der Waals surface area (Å²) >= 11 is 0. The zero-order chi connectivity index (χ0) is 24.8. The van der Waals surface area contributed by atoms with Gasteiger partial charge in [0, 0.05) is 17.7 Å². The van der Waals surface area contributed by atoms with Crippen molar-refractivity contribution in [2.45, 2.75) is 12.5 Å². The van der Waals surface area contributed by atoms with Crippen LogP contribution in [0.3, 0.4) is 0 Å². The molecule has 0 saturated carbocycles. The molecule has 1 aromatic heterocycles. The number of aromatic nitrogens is 1. The third kappa shape index (κ3) is 5.31. The van der Waals surface area contributed by atoms with Crippen LogP contribution in [0, 0.1) is 12.3 Å². The standard InChI is InChI=1S/C27H23N3O5/c1-2-13-30(16-25(31)32)26(33)18-11-12-28-19(14-18)15-29-27(34)35-17-24-22-9-5-3-7-20(22)21-8-4-6-10-23(21)24/h1,3-12,14,24H,13,15-17H2,(H,29,34)(H,31,32). The maximum atomic E-state index is 12.6. The van der Waals surface area contributed by atoms with Crippen molar-refractivity contribution in [2.75, 3.05) is 19.7 Å². The van der Waals surface area contributed by atoms with Gasteiger partial charge in [0.1, 0.15) is 13.2 Å². The van der Waals surface area contributed by atoms with Crippen LogP contribution in [0.15, 0.2) is 66.9 Å². The lowest BCUT2D eigenvalue weighted by atomic mass is 9.98. The smallest absolute Gasteiger partial charge is 0.407 e. The number of alkyl carbamates (subject to hydrolysis) is 1. The summed E-state index contributed by atoms with van der Waals surface area (Å²) in [5, 5.41) is 11.7. The zero-order valence-corrected chi connectivity index (χ0v) is 18.8. The first-order chi connectivity index (χ1) is 17.0. The molecule has 1 aliphatic carbocycles. The van der Waals surface area contributed by atoms with Crippen molar-refractivity contribution in [3.05, 3.63) is 89.2 Å². The number of carbonyl (C=O) groups is 3. The first kappa shape index (κ1) is 23.5. The highest BCUT2D eigenvalue weighted by Crippen LogP contribution is 2.44. The van der Waals surface area contributed by atoms with Crippen LogP contribution >= 0.6 is 0 Å². The van der Waals surface area contributed by atoms with Gasteiger partial charge in [-0.05, 0) is 34.4 Å². The number of fused-ring (bicyclic) bond motifs is 3. The highest BCUT2D eigenvalue weighted by atomic mass is 16.5.